The topological polar surface area (TPSA) is 37.7 Å². The third-order valence-electron chi connectivity index (χ3n) is 5.91. The monoisotopic (exact) mass is 467 g/mol. The van der Waals surface area contributed by atoms with Crippen molar-refractivity contribution in [3.8, 4) is 21.8 Å². The van der Waals surface area contributed by atoms with Gasteiger partial charge in [0.2, 0.25) is 0 Å². The Morgan fingerprint density at radius 3 is 2.06 bits per heavy atom. The van der Waals surface area contributed by atoms with Crippen LogP contribution in [-0.2, 0) is 4.74 Å². The first kappa shape index (κ1) is 22.5. The van der Waals surface area contributed by atoms with Crippen LogP contribution in [-0.4, -0.2) is 41.0 Å². The normalized spacial score (nSPS) is 18.8. The molecule has 1 aliphatic heterocycles. The number of hydrogen-bond donors (Lipinski definition) is 0. The van der Waals surface area contributed by atoms with Crippen molar-refractivity contribution in [1.82, 2.24) is 9.88 Å². The van der Waals surface area contributed by atoms with Crippen molar-refractivity contribution in [2.24, 2.45) is 4.99 Å². The molecular formula is C29H29N3OS. The van der Waals surface area contributed by atoms with Gasteiger partial charge < -0.3 is 9.64 Å². The standard InChI is InChI=1S/C29H29N3OS/c1-20-14-16-24(17-15-20)27(32-18-21(2)33-22(3)19-32)31-29-26(23-10-6-4-7-11-23)30-28(34-29)25-12-8-5-9-13-25/h4-17,21-22H,18-19H2,1-3H3. The number of aliphatic imine (C=N–C) groups is 1. The molecule has 4 aromatic rings. The zero-order valence-corrected chi connectivity index (χ0v) is 20.6. The van der Waals surface area contributed by atoms with Crippen LogP contribution in [0.4, 0.5) is 5.00 Å². The van der Waals surface area contributed by atoms with Gasteiger partial charge in [-0.05, 0) is 20.8 Å². The largest absolute Gasteiger partial charge is 0.372 e. The molecule has 5 rings (SSSR count). The van der Waals surface area contributed by atoms with Gasteiger partial charge in [0.15, 0.2) is 0 Å². The second-order valence-electron chi connectivity index (χ2n) is 8.87. The van der Waals surface area contributed by atoms with Gasteiger partial charge in [-0.2, -0.15) is 0 Å². The van der Waals surface area contributed by atoms with E-state index in [1.807, 2.05) is 12.1 Å². The number of morpholine rings is 1. The first-order valence-electron chi connectivity index (χ1n) is 11.7. The molecule has 0 aliphatic carbocycles. The van der Waals surface area contributed by atoms with Crippen molar-refractivity contribution in [2.75, 3.05) is 13.1 Å². The Morgan fingerprint density at radius 1 is 0.853 bits per heavy atom. The molecule has 3 aromatic carbocycles. The lowest BCUT2D eigenvalue weighted by molar-refractivity contribution is -0.0478. The maximum absolute atomic E-state index is 6.02. The SMILES string of the molecule is Cc1ccc(C(=Nc2sc(-c3ccccc3)nc2-c2ccccc2)N2CC(C)OC(C)C2)cc1. The third kappa shape index (κ3) is 4.96. The van der Waals surface area contributed by atoms with Gasteiger partial charge in [-0.3, -0.25) is 0 Å². The minimum atomic E-state index is 0.148. The van der Waals surface area contributed by atoms with E-state index in [2.05, 4.69) is 98.5 Å². The molecule has 0 N–H and O–H groups in total. The number of thiazole rings is 1. The second-order valence-corrected chi connectivity index (χ2v) is 9.85. The van der Waals surface area contributed by atoms with Crippen molar-refractivity contribution in [2.45, 2.75) is 33.0 Å². The summed E-state index contributed by atoms with van der Waals surface area (Å²) in [5.74, 6) is 0.974. The van der Waals surface area contributed by atoms with Gasteiger partial charge in [0.25, 0.3) is 0 Å². The zero-order valence-electron chi connectivity index (χ0n) is 19.8. The van der Waals surface area contributed by atoms with Crippen molar-refractivity contribution < 1.29 is 4.74 Å². The molecule has 0 spiro atoms. The number of aromatic nitrogens is 1. The summed E-state index contributed by atoms with van der Waals surface area (Å²) in [4.78, 5) is 12.7. The summed E-state index contributed by atoms with van der Waals surface area (Å²) >= 11 is 1.64. The summed E-state index contributed by atoms with van der Waals surface area (Å²) in [5, 5.41) is 1.90. The van der Waals surface area contributed by atoms with Crippen LogP contribution in [0.1, 0.15) is 25.0 Å². The van der Waals surface area contributed by atoms with Crippen LogP contribution in [0.15, 0.2) is 89.9 Å². The van der Waals surface area contributed by atoms with Crippen LogP contribution in [0, 0.1) is 6.92 Å². The number of nitrogens with zero attached hydrogens (tertiary/aromatic N) is 3. The quantitative estimate of drug-likeness (QED) is 0.240. The zero-order chi connectivity index (χ0) is 23.5. The Balaban J connectivity index is 1.66. The summed E-state index contributed by atoms with van der Waals surface area (Å²) in [6.07, 6.45) is 0.295. The number of rotatable bonds is 4. The number of ether oxygens (including phenoxy) is 1. The van der Waals surface area contributed by atoms with Gasteiger partial charge in [-0.25, -0.2) is 9.98 Å². The molecule has 1 saturated heterocycles. The van der Waals surface area contributed by atoms with E-state index >= 15 is 0 Å². The maximum Gasteiger partial charge on any atom is 0.146 e. The summed E-state index contributed by atoms with van der Waals surface area (Å²) in [7, 11) is 0. The number of amidine groups is 1. The Morgan fingerprint density at radius 2 is 1.44 bits per heavy atom. The van der Waals surface area contributed by atoms with Crippen molar-refractivity contribution >= 4 is 22.2 Å². The number of aryl methyl sites for hydroxylation is 1. The Labute approximate surface area is 205 Å². The Kier molecular flexibility index (Phi) is 6.57. The molecule has 2 atom stereocenters. The molecule has 2 heterocycles. The lowest BCUT2D eigenvalue weighted by Crippen LogP contribution is -2.48. The van der Waals surface area contributed by atoms with Gasteiger partial charge in [0.1, 0.15) is 21.5 Å². The first-order chi connectivity index (χ1) is 16.6. The molecule has 34 heavy (non-hydrogen) atoms. The van der Waals surface area contributed by atoms with Crippen LogP contribution in [0.5, 0.6) is 0 Å². The highest BCUT2D eigenvalue weighted by Crippen LogP contribution is 2.40. The summed E-state index contributed by atoms with van der Waals surface area (Å²) in [5.41, 5.74) is 5.45. The van der Waals surface area contributed by atoms with E-state index in [0.29, 0.717) is 0 Å². The predicted octanol–water partition coefficient (Wildman–Crippen LogP) is 6.97. The molecule has 1 aliphatic rings. The fourth-order valence-corrected chi connectivity index (χ4v) is 5.31. The summed E-state index contributed by atoms with van der Waals surface area (Å²) in [6.45, 7) is 7.99. The molecule has 0 amide bonds. The Bertz CT molecular complexity index is 1260. The molecular weight excluding hydrogens is 438 g/mol. The lowest BCUT2D eigenvalue weighted by atomic mass is 10.1. The minimum absolute atomic E-state index is 0.148. The predicted molar refractivity (Wildman–Crippen MR) is 142 cm³/mol. The molecule has 4 nitrogen and oxygen atoms in total. The molecule has 1 fully saturated rings. The van der Waals surface area contributed by atoms with Crippen molar-refractivity contribution in [1.29, 1.82) is 0 Å². The Hall–Kier alpha value is -3.28. The maximum atomic E-state index is 6.02. The van der Waals surface area contributed by atoms with Gasteiger partial charge in [0.05, 0.1) is 12.2 Å². The van der Waals surface area contributed by atoms with Gasteiger partial charge >= 0.3 is 0 Å². The smallest absolute Gasteiger partial charge is 0.146 e. The van der Waals surface area contributed by atoms with E-state index < -0.39 is 0 Å². The number of hydrogen-bond acceptors (Lipinski definition) is 4. The molecule has 2 unspecified atom stereocenters. The lowest BCUT2D eigenvalue weighted by Gasteiger charge is -2.37. The number of benzene rings is 3. The summed E-state index contributed by atoms with van der Waals surface area (Å²) in [6, 6.07) is 29.3. The average molecular weight is 468 g/mol. The molecule has 172 valence electrons. The first-order valence-corrected chi connectivity index (χ1v) is 12.6. The van der Waals surface area contributed by atoms with Crippen LogP contribution < -0.4 is 0 Å². The van der Waals surface area contributed by atoms with E-state index in [1.54, 1.807) is 11.3 Å². The fraction of sp³-hybridized carbons (Fsp3) is 0.241. The highest BCUT2D eigenvalue weighted by atomic mass is 32.1. The van der Waals surface area contributed by atoms with E-state index in [9.17, 15) is 0 Å². The van der Waals surface area contributed by atoms with E-state index in [0.717, 1.165) is 51.3 Å². The van der Waals surface area contributed by atoms with Crippen LogP contribution in [0.25, 0.3) is 21.8 Å². The van der Waals surface area contributed by atoms with Crippen LogP contribution in [0.3, 0.4) is 0 Å². The van der Waals surface area contributed by atoms with Gasteiger partial charge in [-0.15, -0.1) is 0 Å². The molecule has 0 bridgehead atoms. The van der Waals surface area contributed by atoms with E-state index in [-0.39, 0.29) is 12.2 Å². The van der Waals surface area contributed by atoms with Crippen molar-refractivity contribution in [3.63, 3.8) is 0 Å². The average Bonchev–Trinajstić information content (AvgIpc) is 3.28. The van der Waals surface area contributed by atoms with Gasteiger partial charge in [-0.1, -0.05) is 102 Å². The fourth-order valence-electron chi connectivity index (χ4n) is 4.34. The highest BCUT2D eigenvalue weighted by Gasteiger charge is 2.26. The molecule has 5 heteroatoms. The minimum Gasteiger partial charge on any atom is -0.372 e. The van der Waals surface area contributed by atoms with Crippen molar-refractivity contribution in [3.05, 3.63) is 96.1 Å². The summed E-state index contributed by atoms with van der Waals surface area (Å²) < 4.78 is 6.02. The molecule has 0 radical (unpaired) electrons. The van der Waals surface area contributed by atoms with Crippen LogP contribution in [0.2, 0.25) is 0 Å². The molecule has 0 saturated carbocycles. The molecule has 1 aromatic heterocycles. The van der Waals surface area contributed by atoms with E-state index in [4.69, 9.17) is 14.7 Å². The highest BCUT2D eigenvalue weighted by molar-refractivity contribution is 7.19. The van der Waals surface area contributed by atoms with E-state index in [1.165, 1.54) is 5.56 Å². The van der Waals surface area contributed by atoms with Gasteiger partial charge in [0, 0.05) is 29.8 Å². The third-order valence-corrected chi connectivity index (χ3v) is 6.91. The van der Waals surface area contributed by atoms with Crippen LogP contribution >= 0.6 is 11.3 Å². The second kappa shape index (κ2) is 9.92.